The maximum Gasteiger partial charge on any atom is 0.126 e. The number of benzene rings is 2. The van der Waals surface area contributed by atoms with Gasteiger partial charge in [-0.2, -0.15) is 0 Å². The van der Waals surface area contributed by atoms with E-state index < -0.39 is 0 Å². The lowest BCUT2D eigenvalue weighted by atomic mass is 10.2. The smallest absolute Gasteiger partial charge is 0.126 e. The fraction of sp³-hybridized carbons (Fsp3) is 0.333. The van der Waals surface area contributed by atoms with E-state index in [9.17, 15) is 5.11 Å². The third-order valence-corrected chi connectivity index (χ3v) is 5.43. The first-order valence-electron chi connectivity index (χ1n) is 7.48. The Kier molecular flexibility index (Phi) is 5.25. The van der Waals surface area contributed by atoms with Crippen molar-refractivity contribution in [1.29, 1.82) is 0 Å². The number of phenolic OH excluding ortho intramolecular Hbond substituents is 1. The van der Waals surface area contributed by atoms with Crippen molar-refractivity contribution < 1.29 is 5.11 Å². The predicted molar refractivity (Wildman–Crippen MR) is 95.2 cm³/mol. The van der Waals surface area contributed by atoms with Crippen LogP contribution in [0.2, 0.25) is 0 Å². The summed E-state index contributed by atoms with van der Waals surface area (Å²) < 4.78 is 0. The van der Waals surface area contributed by atoms with Crippen molar-refractivity contribution in [3.05, 3.63) is 47.5 Å². The van der Waals surface area contributed by atoms with Gasteiger partial charge in [0.05, 0.1) is 0 Å². The molecule has 0 radical (unpaired) electrons. The van der Waals surface area contributed by atoms with E-state index in [-0.39, 0.29) is 0 Å². The van der Waals surface area contributed by atoms with Crippen LogP contribution in [0.15, 0.2) is 36.4 Å². The molecule has 0 aliphatic rings. The van der Waals surface area contributed by atoms with Crippen molar-refractivity contribution in [2.24, 2.45) is 0 Å². The standard InChI is InChI=1S/C18H24NOP/c1-5-19(6-2)15-11-7-10-14(4)18(15)21-16-12-8-9-13(3)17(16)20/h7-12,20-21H,5-6H2,1-4H3. The van der Waals surface area contributed by atoms with Crippen molar-refractivity contribution in [2.45, 2.75) is 27.7 Å². The molecule has 0 aliphatic heterocycles. The van der Waals surface area contributed by atoms with Gasteiger partial charge in [-0.3, -0.25) is 0 Å². The van der Waals surface area contributed by atoms with Gasteiger partial charge in [0.15, 0.2) is 0 Å². The monoisotopic (exact) mass is 301 g/mol. The average molecular weight is 301 g/mol. The normalized spacial score (nSPS) is 11.2. The summed E-state index contributed by atoms with van der Waals surface area (Å²) in [7, 11) is 0.477. The third kappa shape index (κ3) is 3.39. The highest BCUT2D eigenvalue weighted by molar-refractivity contribution is 7.56. The lowest BCUT2D eigenvalue weighted by Gasteiger charge is -2.25. The molecule has 1 N–H and O–H groups in total. The molecule has 2 rings (SSSR count). The van der Waals surface area contributed by atoms with Gasteiger partial charge < -0.3 is 10.0 Å². The molecular weight excluding hydrogens is 277 g/mol. The van der Waals surface area contributed by atoms with Gasteiger partial charge in [-0.25, -0.2) is 0 Å². The second-order valence-corrected chi connectivity index (χ2v) is 6.53. The van der Waals surface area contributed by atoms with Crippen LogP contribution in [0.3, 0.4) is 0 Å². The predicted octanol–water partition coefficient (Wildman–Crippen LogP) is 3.48. The quantitative estimate of drug-likeness (QED) is 0.855. The van der Waals surface area contributed by atoms with E-state index in [0.717, 1.165) is 24.0 Å². The molecule has 3 heteroatoms. The van der Waals surface area contributed by atoms with Crippen LogP contribution in [0.25, 0.3) is 0 Å². The van der Waals surface area contributed by atoms with Gasteiger partial charge in [0.1, 0.15) is 5.75 Å². The summed E-state index contributed by atoms with van der Waals surface area (Å²) in [6.07, 6.45) is 0. The Hall–Kier alpha value is -1.53. The number of phenols is 1. The van der Waals surface area contributed by atoms with Gasteiger partial charge in [-0.15, -0.1) is 0 Å². The molecule has 1 unspecified atom stereocenters. The van der Waals surface area contributed by atoms with E-state index in [1.165, 1.54) is 16.6 Å². The number of para-hydroxylation sites is 1. The zero-order chi connectivity index (χ0) is 15.4. The minimum atomic E-state index is 0.435. The Bertz CT molecular complexity index is 621. The second kappa shape index (κ2) is 6.95. The fourth-order valence-electron chi connectivity index (χ4n) is 2.54. The Labute approximate surface area is 129 Å². The molecular formula is C18H24NOP. The van der Waals surface area contributed by atoms with Crippen molar-refractivity contribution >= 4 is 24.9 Å². The van der Waals surface area contributed by atoms with Crippen LogP contribution in [0, 0.1) is 13.8 Å². The van der Waals surface area contributed by atoms with E-state index in [4.69, 9.17) is 0 Å². The number of nitrogens with zero attached hydrogens (tertiary/aromatic N) is 1. The number of aryl methyl sites for hydroxylation is 2. The van der Waals surface area contributed by atoms with E-state index in [1.54, 1.807) is 0 Å². The molecule has 112 valence electrons. The molecule has 2 aromatic carbocycles. The van der Waals surface area contributed by atoms with Crippen LogP contribution in [0.4, 0.5) is 5.69 Å². The van der Waals surface area contributed by atoms with Crippen LogP contribution < -0.4 is 15.5 Å². The van der Waals surface area contributed by atoms with Gasteiger partial charge in [0, 0.05) is 29.4 Å². The number of aromatic hydroxyl groups is 1. The van der Waals surface area contributed by atoms with Gasteiger partial charge in [-0.05, 0) is 44.9 Å². The summed E-state index contributed by atoms with van der Waals surface area (Å²) in [5.74, 6) is 0.435. The average Bonchev–Trinajstić information content (AvgIpc) is 2.48. The third-order valence-electron chi connectivity index (χ3n) is 3.85. The molecule has 0 spiro atoms. The van der Waals surface area contributed by atoms with Crippen LogP contribution in [-0.4, -0.2) is 18.2 Å². The Morgan fingerprint density at radius 2 is 1.57 bits per heavy atom. The minimum absolute atomic E-state index is 0.435. The van der Waals surface area contributed by atoms with Gasteiger partial charge in [0.25, 0.3) is 0 Å². The maximum absolute atomic E-state index is 10.3. The number of hydrogen-bond acceptors (Lipinski definition) is 2. The van der Waals surface area contributed by atoms with Gasteiger partial charge in [0.2, 0.25) is 0 Å². The van der Waals surface area contributed by atoms with Crippen molar-refractivity contribution in [3.63, 3.8) is 0 Å². The Morgan fingerprint density at radius 3 is 2.24 bits per heavy atom. The zero-order valence-electron chi connectivity index (χ0n) is 13.3. The maximum atomic E-state index is 10.3. The summed E-state index contributed by atoms with van der Waals surface area (Å²) in [6.45, 7) is 10.5. The zero-order valence-corrected chi connectivity index (χ0v) is 14.3. The van der Waals surface area contributed by atoms with E-state index >= 15 is 0 Å². The summed E-state index contributed by atoms with van der Waals surface area (Å²) >= 11 is 0. The first-order chi connectivity index (χ1) is 10.1. The highest BCUT2D eigenvalue weighted by Gasteiger charge is 2.13. The summed E-state index contributed by atoms with van der Waals surface area (Å²) in [6, 6.07) is 12.5. The highest BCUT2D eigenvalue weighted by Crippen LogP contribution is 2.27. The number of anilines is 1. The van der Waals surface area contributed by atoms with Crippen LogP contribution in [0.5, 0.6) is 5.75 Å². The number of rotatable bonds is 5. The molecule has 0 saturated heterocycles. The fourth-order valence-corrected chi connectivity index (χ4v) is 3.95. The molecule has 0 saturated carbocycles. The minimum Gasteiger partial charge on any atom is -0.507 e. The molecule has 0 aliphatic carbocycles. The first kappa shape index (κ1) is 15.9. The van der Waals surface area contributed by atoms with Crippen LogP contribution in [-0.2, 0) is 0 Å². The van der Waals surface area contributed by atoms with Crippen molar-refractivity contribution in [3.8, 4) is 5.75 Å². The molecule has 0 amide bonds. The first-order valence-corrected chi connectivity index (χ1v) is 8.48. The molecule has 2 nitrogen and oxygen atoms in total. The topological polar surface area (TPSA) is 23.5 Å². The van der Waals surface area contributed by atoms with Crippen LogP contribution >= 0.6 is 8.58 Å². The van der Waals surface area contributed by atoms with E-state index in [2.05, 4.69) is 43.9 Å². The molecule has 0 fully saturated rings. The highest BCUT2D eigenvalue weighted by atomic mass is 31.1. The Morgan fingerprint density at radius 1 is 0.952 bits per heavy atom. The van der Waals surface area contributed by atoms with Gasteiger partial charge in [-0.1, -0.05) is 38.9 Å². The van der Waals surface area contributed by atoms with Crippen LogP contribution in [0.1, 0.15) is 25.0 Å². The Balaban J connectivity index is 2.46. The van der Waals surface area contributed by atoms with E-state index in [1.807, 2.05) is 25.1 Å². The molecule has 1 atom stereocenters. The molecule has 0 bridgehead atoms. The summed E-state index contributed by atoms with van der Waals surface area (Å²) in [5, 5.41) is 12.6. The SMILES string of the molecule is CCN(CC)c1cccc(C)c1Pc1cccc(C)c1O. The van der Waals surface area contributed by atoms with Crippen molar-refractivity contribution in [1.82, 2.24) is 0 Å². The second-order valence-electron chi connectivity index (χ2n) is 5.24. The largest absolute Gasteiger partial charge is 0.507 e. The summed E-state index contributed by atoms with van der Waals surface area (Å²) in [5.41, 5.74) is 3.52. The lowest BCUT2D eigenvalue weighted by Crippen LogP contribution is -2.27. The van der Waals surface area contributed by atoms with Gasteiger partial charge >= 0.3 is 0 Å². The lowest BCUT2D eigenvalue weighted by molar-refractivity contribution is 0.475. The molecule has 2 aromatic rings. The molecule has 21 heavy (non-hydrogen) atoms. The summed E-state index contributed by atoms with van der Waals surface area (Å²) in [4.78, 5) is 2.38. The number of hydrogen-bond donors (Lipinski definition) is 1. The molecule has 0 heterocycles. The van der Waals surface area contributed by atoms with E-state index in [0.29, 0.717) is 14.3 Å². The van der Waals surface area contributed by atoms with Crippen molar-refractivity contribution in [2.75, 3.05) is 18.0 Å². The molecule has 0 aromatic heterocycles.